The molecule has 0 N–H and O–H groups in total. The predicted octanol–water partition coefficient (Wildman–Crippen LogP) is 2.86. The number of rotatable bonds is 5. The molecule has 0 heterocycles. The van der Waals surface area contributed by atoms with Gasteiger partial charge in [0, 0.05) is 5.56 Å². The number of carbonyl (C=O) groups excluding carboxylic acids is 2. The second-order valence-corrected chi connectivity index (χ2v) is 4.16. The summed E-state index contributed by atoms with van der Waals surface area (Å²) in [5.41, 5.74) is 2.06. The zero-order valence-corrected chi connectivity index (χ0v) is 11.0. The van der Waals surface area contributed by atoms with Crippen LogP contribution in [0.1, 0.15) is 26.3 Å². The Morgan fingerprint density at radius 3 is 2.25 bits per heavy atom. The highest BCUT2D eigenvalue weighted by molar-refractivity contribution is 5.89. The highest BCUT2D eigenvalue weighted by Gasteiger charge is 2.04. The Labute approximate surface area is 116 Å². The van der Waals surface area contributed by atoms with Crippen molar-refractivity contribution in [2.24, 2.45) is 0 Å². The van der Waals surface area contributed by atoms with Gasteiger partial charge in [-0.05, 0) is 42.0 Å². The zero-order valence-electron chi connectivity index (χ0n) is 11.0. The molecule has 2 rings (SSSR count). The molecule has 0 saturated heterocycles. The molecular weight excluding hydrogens is 256 g/mol. The number of ether oxygens (including phenoxy) is 2. The number of hydrogen-bond donors (Lipinski definition) is 0. The summed E-state index contributed by atoms with van der Waals surface area (Å²) in [5.74, 6) is 0.328. The molecule has 20 heavy (non-hydrogen) atoms. The molecule has 0 aliphatic carbocycles. The van der Waals surface area contributed by atoms with E-state index in [4.69, 9.17) is 4.74 Å². The molecule has 0 bridgehead atoms. The number of hydrogen-bond acceptors (Lipinski definition) is 4. The van der Waals surface area contributed by atoms with Crippen molar-refractivity contribution in [1.82, 2.24) is 0 Å². The first kappa shape index (κ1) is 13.8. The molecule has 2 aromatic carbocycles. The van der Waals surface area contributed by atoms with Crippen molar-refractivity contribution in [2.45, 2.75) is 6.61 Å². The van der Waals surface area contributed by atoms with Crippen LogP contribution < -0.4 is 4.74 Å². The predicted molar refractivity (Wildman–Crippen MR) is 73.9 cm³/mol. The van der Waals surface area contributed by atoms with Crippen LogP contribution in [-0.4, -0.2) is 19.4 Å². The van der Waals surface area contributed by atoms with Gasteiger partial charge in [0.05, 0.1) is 12.7 Å². The van der Waals surface area contributed by atoms with Gasteiger partial charge in [-0.25, -0.2) is 4.79 Å². The Morgan fingerprint density at radius 1 is 1.05 bits per heavy atom. The second-order valence-electron chi connectivity index (χ2n) is 4.16. The third kappa shape index (κ3) is 3.45. The second kappa shape index (κ2) is 6.52. The summed E-state index contributed by atoms with van der Waals surface area (Å²) in [6.45, 7) is 0.391. The quantitative estimate of drug-likeness (QED) is 0.619. The highest BCUT2D eigenvalue weighted by atomic mass is 16.5. The monoisotopic (exact) mass is 270 g/mol. The van der Waals surface area contributed by atoms with Crippen molar-refractivity contribution >= 4 is 12.3 Å². The van der Waals surface area contributed by atoms with Crippen LogP contribution in [0.2, 0.25) is 0 Å². The van der Waals surface area contributed by atoms with Crippen LogP contribution in [0.3, 0.4) is 0 Å². The van der Waals surface area contributed by atoms with E-state index in [-0.39, 0.29) is 5.97 Å². The average molecular weight is 270 g/mol. The molecule has 0 saturated carbocycles. The van der Waals surface area contributed by atoms with Gasteiger partial charge in [-0.1, -0.05) is 12.1 Å². The van der Waals surface area contributed by atoms with Gasteiger partial charge in [-0.3, -0.25) is 4.79 Å². The first-order valence-electron chi connectivity index (χ1n) is 6.08. The molecule has 0 atom stereocenters. The van der Waals surface area contributed by atoms with E-state index in [1.807, 2.05) is 12.1 Å². The maximum atomic E-state index is 11.3. The fraction of sp³-hybridized carbons (Fsp3) is 0.125. The van der Waals surface area contributed by atoms with E-state index in [1.165, 1.54) is 7.11 Å². The Balaban J connectivity index is 1.96. The van der Waals surface area contributed by atoms with Crippen LogP contribution in [0, 0.1) is 0 Å². The number of benzene rings is 2. The summed E-state index contributed by atoms with van der Waals surface area (Å²) in [6, 6.07) is 13.9. The lowest BCUT2D eigenvalue weighted by Crippen LogP contribution is -2.02. The molecule has 0 spiro atoms. The molecule has 0 aliphatic heterocycles. The molecule has 2 aromatic rings. The van der Waals surface area contributed by atoms with Gasteiger partial charge < -0.3 is 9.47 Å². The third-order valence-electron chi connectivity index (χ3n) is 2.80. The summed E-state index contributed by atoms with van der Waals surface area (Å²) in [6.07, 6.45) is 0.787. The van der Waals surface area contributed by atoms with Crippen molar-refractivity contribution in [3.8, 4) is 5.75 Å². The van der Waals surface area contributed by atoms with Crippen LogP contribution in [-0.2, 0) is 11.3 Å². The van der Waals surface area contributed by atoms with E-state index < -0.39 is 0 Å². The van der Waals surface area contributed by atoms with E-state index in [2.05, 4.69) is 4.74 Å². The number of aldehydes is 1. The van der Waals surface area contributed by atoms with Gasteiger partial charge in [-0.15, -0.1) is 0 Å². The maximum absolute atomic E-state index is 11.3. The SMILES string of the molecule is COC(=O)c1ccc(COc2ccc(C=O)cc2)cc1. The number of methoxy groups -OCH3 is 1. The van der Waals surface area contributed by atoms with E-state index in [1.54, 1.807) is 36.4 Å². The fourth-order valence-electron chi connectivity index (χ4n) is 1.66. The minimum Gasteiger partial charge on any atom is -0.489 e. The van der Waals surface area contributed by atoms with Crippen LogP contribution >= 0.6 is 0 Å². The standard InChI is InChI=1S/C16H14O4/c1-19-16(18)14-6-2-13(3-7-14)11-20-15-8-4-12(10-17)5-9-15/h2-10H,11H2,1H3. The molecule has 4 heteroatoms. The Hall–Kier alpha value is -2.62. The first-order valence-corrected chi connectivity index (χ1v) is 6.08. The van der Waals surface area contributed by atoms with Crippen LogP contribution in [0.25, 0.3) is 0 Å². The maximum Gasteiger partial charge on any atom is 0.337 e. The summed E-state index contributed by atoms with van der Waals surface area (Å²) >= 11 is 0. The Morgan fingerprint density at radius 2 is 1.70 bits per heavy atom. The smallest absolute Gasteiger partial charge is 0.337 e. The van der Waals surface area contributed by atoms with Gasteiger partial charge in [0.2, 0.25) is 0 Å². The van der Waals surface area contributed by atoms with E-state index in [0.717, 1.165) is 11.8 Å². The lowest BCUT2D eigenvalue weighted by atomic mass is 10.1. The summed E-state index contributed by atoms with van der Waals surface area (Å²) in [5, 5.41) is 0. The van der Waals surface area contributed by atoms with Crippen LogP contribution in [0.15, 0.2) is 48.5 Å². The molecule has 102 valence electrons. The molecule has 0 fully saturated rings. The Kier molecular flexibility index (Phi) is 4.50. The molecule has 0 aliphatic rings. The number of carbonyl (C=O) groups is 2. The van der Waals surface area contributed by atoms with Crippen molar-refractivity contribution in [1.29, 1.82) is 0 Å². The minimum atomic E-state index is -0.359. The van der Waals surface area contributed by atoms with Gasteiger partial charge in [-0.2, -0.15) is 0 Å². The lowest BCUT2D eigenvalue weighted by Gasteiger charge is -2.07. The molecule has 0 unspecified atom stereocenters. The largest absolute Gasteiger partial charge is 0.489 e. The van der Waals surface area contributed by atoms with Crippen molar-refractivity contribution < 1.29 is 19.1 Å². The summed E-state index contributed by atoms with van der Waals surface area (Å²) in [4.78, 5) is 21.8. The first-order chi connectivity index (χ1) is 9.72. The average Bonchev–Trinajstić information content (AvgIpc) is 2.53. The minimum absolute atomic E-state index is 0.359. The molecule has 0 radical (unpaired) electrons. The van der Waals surface area contributed by atoms with Crippen molar-refractivity contribution in [3.05, 3.63) is 65.2 Å². The van der Waals surface area contributed by atoms with Crippen LogP contribution in [0.5, 0.6) is 5.75 Å². The van der Waals surface area contributed by atoms with Gasteiger partial charge >= 0.3 is 5.97 Å². The topological polar surface area (TPSA) is 52.6 Å². The van der Waals surface area contributed by atoms with Gasteiger partial charge in [0.15, 0.2) is 0 Å². The third-order valence-corrected chi connectivity index (χ3v) is 2.80. The Bertz CT molecular complexity index is 585. The van der Waals surface area contributed by atoms with E-state index >= 15 is 0 Å². The fourth-order valence-corrected chi connectivity index (χ4v) is 1.66. The van der Waals surface area contributed by atoms with Gasteiger partial charge in [0.25, 0.3) is 0 Å². The summed E-state index contributed by atoms with van der Waals surface area (Å²) < 4.78 is 10.2. The van der Waals surface area contributed by atoms with Crippen molar-refractivity contribution in [2.75, 3.05) is 7.11 Å². The lowest BCUT2D eigenvalue weighted by molar-refractivity contribution is 0.0600. The molecule has 0 amide bonds. The molecule has 0 aromatic heterocycles. The van der Waals surface area contributed by atoms with E-state index in [0.29, 0.717) is 23.5 Å². The highest BCUT2D eigenvalue weighted by Crippen LogP contribution is 2.14. The zero-order chi connectivity index (χ0) is 14.4. The van der Waals surface area contributed by atoms with Gasteiger partial charge in [0.1, 0.15) is 18.6 Å². The molecular formula is C16H14O4. The number of esters is 1. The summed E-state index contributed by atoms with van der Waals surface area (Å²) in [7, 11) is 1.35. The van der Waals surface area contributed by atoms with E-state index in [9.17, 15) is 9.59 Å². The molecule has 4 nitrogen and oxygen atoms in total. The normalized spacial score (nSPS) is 9.85. The van der Waals surface area contributed by atoms with Crippen LogP contribution in [0.4, 0.5) is 0 Å². The van der Waals surface area contributed by atoms with Crippen molar-refractivity contribution in [3.63, 3.8) is 0 Å².